The van der Waals surface area contributed by atoms with Crippen LogP contribution in [0.1, 0.15) is 30.4 Å². The molecular weight excluding hydrogens is 210 g/mol. The summed E-state index contributed by atoms with van der Waals surface area (Å²) < 4.78 is 0. The Bertz CT molecular complexity index is 343. The molecule has 2 heterocycles. The summed E-state index contributed by atoms with van der Waals surface area (Å²) in [7, 11) is 0. The van der Waals surface area contributed by atoms with E-state index in [1.165, 1.54) is 43.5 Å². The van der Waals surface area contributed by atoms with Crippen molar-refractivity contribution in [2.45, 2.75) is 32.7 Å². The second-order valence-corrected chi connectivity index (χ2v) is 5.17. The van der Waals surface area contributed by atoms with E-state index >= 15 is 0 Å². The van der Waals surface area contributed by atoms with Crippen LogP contribution in [0.25, 0.3) is 0 Å². The molecule has 3 nitrogen and oxygen atoms in total. The fraction of sp³-hybridized carbons (Fsp3) is 0.643. The maximum atomic E-state index is 5.61. The van der Waals surface area contributed by atoms with Crippen molar-refractivity contribution < 1.29 is 0 Å². The van der Waals surface area contributed by atoms with Gasteiger partial charge in [-0.15, -0.1) is 0 Å². The molecule has 94 valence electrons. The van der Waals surface area contributed by atoms with Gasteiger partial charge in [0.2, 0.25) is 0 Å². The van der Waals surface area contributed by atoms with E-state index in [4.69, 9.17) is 5.73 Å². The minimum absolute atomic E-state index is 0.840. The van der Waals surface area contributed by atoms with E-state index in [9.17, 15) is 0 Å². The molecule has 0 saturated carbocycles. The summed E-state index contributed by atoms with van der Waals surface area (Å²) in [6.07, 6.45) is 7.70. The highest BCUT2D eigenvalue weighted by Crippen LogP contribution is 2.21. The highest BCUT2D eigenvalue weighted by Gasteiger charge is 2.18. The summed E-state index contributed by atoms with van der Waals surface area (Å²) >= 11 is 0. The van der Waals surface area contributed by atoms with Crippen molar-refractivity contribution in [1.82, 2.24) is 9.88 Å². The smallest absolute Gasteiger partial charge is 0.0313 e. The summed E-state index contributed by atoms with van der Waals surface area (Å²) in [5, 5.41) is 0. The van der Waals surface area contributed by atoms with Crippen LogP contribution in [0.5, 0.6) is 0 Å². The molecule has 2 rings (SSSR count). The number of nitrogens with zero attached hydrogens (tertiary/aromatic N) is 2. The van der Waals surface area contributed by atoms with Crippen LogP contribution < -0.4 is 5.73 Å². The van der Waals surface area contributed by atoms with Gasteiger partial charge in [0.25, 0.3) is 0 Å². The second-order valence-electron chi connectivity index (χ2n) is 5.17. The molecule has 0 unspecified atom stereocenters. The lowest BCUT2D eigenvalue weighted by atomic mass is 9.93. The van der Waals surface area contributed by atoms with Crippen LogP contribution in [-0.2, 0) is 6.54 Å². The number of rotatable bonds is 4. The van der Waals surface area contributed by atoms with E-state index in [1.807, 2.05) is 12.4 Å². The van der Waals surface area contributed by atoms with Crippen LogP contribution in [0.2, 0.25) is 0 Å². The van der Waals surface area contributed by atoms with Gasteiger partial charge in [-0.3, -0.25) is 9.88 Å². The Hall–Kier alpha value is -0.930. The summed E-state index contributed by atoms with van der Waals surface area (Å²) in [5.41, 5.74) is 8.20. The number of pyridine rings is 1. The second kappa shape index (κ2) is 6.12. The van der Waals surface area contributed by atoms with Crippen molar-refractivity contribution in [2.75, 3.05) is 19.6 Å². The zero-order valence-electron chi connectivity index (χ0n) is 10.7. The van der Waals surface area contributed by atoms with Crippen molar-refractivity contribution in [3.63, 3.8) is 0 Å². The Morgan fingerprint density at radius 1 is 1.35 bits per heavy atom. The fourth-order valence-electron chi connectivity index (χ4n) is 2.63. The Balaban J connectivity index is 1.82. The van der Waals surface area contributed by atoms with Crippen LogP contribution in [-0.4, -0.2) is 29.5 Å². The van der Waals surface area contributed by atoms with Gasteiger partial charge < -0.3 is 5.73 Å². The van der Waals surface area contributed by atoms with Gasteiger partial charge in [-0.1, -0.05) is 6.07 Å². The molecule has 0 aromatic carbocycles. The SMILES string of the molecule is Cc1cncc(CN2CCC(CCN)CC2)c1. The van der Waals surface area contributed by atoms with Gasteiger partial charge in [0.05, 0.1) is 0 Å². The summed E-state index contributed by atoms with van der Waals surface area (Å²) in [4.78, 5) is 6.78. The van der Waals surface area contributed by atoms with Crippen molar-refractivity contribution in [1.29, 1.82) is 0 Å². The first-order valence-electron chi connectivity index (χ1n) is 6.61. The molecule has 1 aromatic heterocycles. The third-order valence-corrected chi connectivity index (χ3v) is 3.62. The van der Waals surface area contributed by atoms with Gasteiger partial charge in [0.15, 0.2) is 0 Å². The Morgan fingerprint density at radius 2 is 2.12 bits per heavy atom. The first kappa shape index (κ1) is 12.5. The lowest BCUT2D eigenvalue weighted by Gasteiger charge is -2.31. The molecule has 0 radical (unpaired) electrons. The lowest BCUT2D eigenvalue weighted by molar-refractivity contribution is 0.173. The third-order valence-electron chi connectivity index (χ3n) is 3.62. The van der Waals surface area contributed by atoms with E-state index < -0.39 is 0 Å². The number of piperidine rings is 1. The third kappa shape index (κ3) is 3.79. The predicted molar refractivity (Wildman–Crippen MR) is 70.6 cm³/mol. The van der Waals surface area contributed by atoms with Crippen molar-refractivity contribution >= 4 is 0 Å². The number of nitrogens with two attached hydrogens (primary N) is 1. The quantitative estimate of drug-likeness (QED) is 0.864. The maximum Gasteiger partial charge on any atom is 0.0313 e. The standard InChI is InChI=1S/C14H23N3/c1-12-8-14(10-16-9-12)11-17-6-3-13(2-5-15)4-7-17/h8-10,13H,2-7,11,15H2,1H3. The fourth-order valence-corrected chi connectivity index (χ4v) is 2.63. The Labute approximate surface area is 104 Å². The van der Waals surface area contributed by atoms with Crippen LogP contribution >= 0.6 is 0 Å². The highest BCUT2D eigenvalue weighted by molar-refractivity contribution is 5.16. The van der Waals surface area contributed by atoms with Crippen LogP contribution in [0.4, 0.5) is 0 Å². The minimum atomic E-state index is 0.840. The van der Waals surface area contributed by atoms with E-state index in [0.29, 0.717) is 0 Å². The number of hydrogen-bond donors (Lipinski definition) is 1. The molecule has 3 heteroatoms. The van der Waals surface area contributed by atoms with Crippen molar-refractivity contribution in [3.05, 3.63) is 29.6 Å². The Morgan fingerprint density at radius 3 is 2.76 bits per heavy atom. The summed E-state index contributed by atoms with van der Waals surface area (Å²) in [6.45, 7) is 6.40. The molecule has 0 bridgehead atoms. The molecule has 1 aliphatic rings. The average molecular weight is 233 g/mol. The number of aryl methyl sites for hydroxylation is 1. The zero-order valence-corrected chi connectivity index (χ0v) is 10.7. The normalized spacial score (nSPS) is 18.5. The molecule has 1 aliphatic heterocycles. The van der Waals surface area contributed by atoms with E-state index in [0.717, 1.165) is 19.0 Å². The first-order valence-corrected chi connectivity index (χ1v) is 6.61. The number of aromatic nitrogens is 1. The Kier molecular flexibility index (Phi) is 4.51. The molecule has 0 aliphatic carbocycles. The molecule has 0 amide bonds. The van der Waals surface area contributed by atoms with Crippen LogP contribution in [0.15, 0.2) is 18.5 Å². The average Bonchev–Trinajstić information content (AvgIpc) is 2.32. The monoisotopic (exact) mass is 233 g/mol. The van der Waals surface area contributed by atoms with E-state index in [1.54, 1.807) is 0 Å². The zero-order chi connectivity index (χ0) is 12.1. The molecule has 1 aromatic rings. The topological polar surface area (TPSA) is 42.2 Å². The molecule has 2 N–H and O–H groups in total. The van der Waals surface area contributed by atoms with E-state index in [2.05, 4.69) is 22.9 Å². The van der Waals surface area contributed by atoms with Crippen molar-refractivity contribution in [3.8, 4) is 0 Å². The van der Waals surface area contributed by atoms with E-state index in [-0.39, 0.29) is 0 Å². The molecule has 1 saturated heterocycles. The number of hydrogen-bond acceptors (Lipinski definition) is 3. The van der Waals surface area contributed by atoms with Gasteiger partial charge in [-0.25, -0.2) is 0 Å². The molecule has 0 spiro atoms. The predicted octanol–water partition coefficient (Wildman–Crippen LogP) is 1.95. The number of likely N-dealkylation sites (tertiary alicyclic amines) is 1. The molecular formula is C14H23N3. The van der Waals surface area contributed by atoms with Gasteiger partial charge in [0.1, 0.15) is 0 Å². The van der Waals surface area contributed by atoms with Crippen LogP contribution in [0, 0.1) is 12.8 Å². The largest absolute Gasteiger partial charge is 0.330 e. The minimum Gasteiger partial charge on any atom is -0.330 e. The van der Waals surface area contributed by atoms with Gasteiger partial charge in [-0.05, 0) is 62.9 Å². The van der Waals surface area contributed by atoms with Gasteiger partial charge >= 0.3 is 0 Å². The highest BCUT2D eigenvalue weighted by atomic mass is 15.1. The summed E-state index contributed by atoms with van der Waals surface area (Å²) in [6, 6.07) is 2.24. The maximum absolute atomic E-state index is 5.61. The lowest BCUT2D eigenvalue weighted by Crippen LogP contribution is -2.33. The van der Waals surface area contributed by atoms with Gasteiger partial charge in [0, 0.05) is 18.9 Å². The molecule has 1 fully saturated rings. The molecule has 17 heavy (non-hydrogen) atoms. The van der Waals surface area contributed by atoms with Gasteiger partial charge in [-0.2, -0.15) is 0 Å². The van der Waals surface area contributed by atoms with Crippen molar-refractivity contribution in [2.24, 2.45) is 11.7 Å². The first-order chi connectivity index (χ1) is 8.28. The van der Waals surface area contributed by atoms with Crippen LogP contribution in [0.3, 0.4) is 0 Å². The summed E-state index contributed by atoms with van der Waals surface area (Å²) in [5.74, 6) is 0.854. The molecule has 0 atom stereocenters.